The van der Waals surface area contributed by atoms with E-state index in [0.717, 1.165) is 17.5 Å². The van der Waals surface area contributed by atoms with E-state index in [1.54, 1.807) is 12.1 Å². The van der Waals surface area contributed by atoms with Crippen molar-refractivity contribution in [2.75, 3.05) is 13.2 Å². The highest BCUT2D eigenvalue weighted by atomic mass is 16.5. The number of rotatable bonds is 2. The Hall–Kier alpha value is -3.28. The Balaban J connectivity index is 1.92. The summed E-state index contributed by atoms with van der Waals surface area (Å²) in [5.74, 6) is -0.195. The molecule has 2 aromatic carbocycles. The minimum Gasteiger partial charge on any atom is -0.505 e. The van der Waals surface area contributed by atoms with Crippen LogP contribution < -0.4 is 9.47 Å². The average molecular weight is 337 g/mol. The van der Waals surface area contributed by atoms with Crippen LogP contribution in [0.25, 0.3) is 22.0 Å². The fraction of sp³-hybridized carbons (Fsp3) is 0.158. The molecule has 0 bridgehead atoms. The van der Waals surface area contributed by atoms with Gasteiger partial charge in [-0.3, -0.25) is 4.98 Å². The number of carbonyl (C=O) groups is 1. The van der Waals surface area contributed by atoms with Crippen LogP contribution in [0.4, 0.5) is 0 Å². The fourth-order valence-electron chi connectivity index (χ4n) is 3.00. The molecule has 6 heteroatoms. The molecule has 126 valence electrons. The Morgan fingerprint density at radius 3 is 2.68 bits per heavy atom. The first-order valence-corrected chi connectivity index (χ1v) is 7.89. The lowest BCUT2D eigenvalue weighted by Crippen LogP contribution is -2.00. The van der Waals surface area contributed by atoms with Gasteiger partial charge >= 0.3 is 5.97 Å². The zero-order valence-corrected chi connectivity index (χ0v) is 13.2. The predicted octanol–water partition coefficient (Wildman–Crippen LogP) is 3.47. The molecule has 0 aliphatic carbocycles. The monoisotopic (exact) mass is 337 g/mol. The van der Waals surface area contributed by atoms with E-state index in [4.69, 9.17) is 9.47 Å². The molecule has 0 unspecified atom stereocenters. The summed E-state index contributed by atoms with van der Waals surface area (Å²) in [6, 6.07) is 10.8. The largest absolute Gasteiger partial charge is 0.505 e. The number of aromatic nitrogens is 1. The molecule has 6 nitrogen and oxygen atoms in total. The molecular formula is C19H15NO5. The molecule has 1 aromatic heterocycles. The van der Waals surface area contributed by atoms with E-state index < -0.39 is 5.97 Å². The zero-order valence-electron chi connectivity index (χ0n) is 13.2. The number of aromatic carboxylic acids is 1. The molecular weight excluding hydrogens is 322 g/mol. The Morgan fingerprint density at radius 1 is 1.08 bits per heavy atom. The van der Waals surface area contributed by atoms with Crippen LogP contribution in [0.5, 0.6) is 17.2 Å². The van der Waals surface area contributed by atoms with Gasteiger partial charge in [0.05, 0.1) is 24.9 Å². The second kappa shape index (κ2) is 5.98. The third-order valence-electron chi connectivity index (χ3n) is 4.15. The summed E-state index contributed by atoms with van der Waals surface area (Å²) in [5.41, 5.74) is 1.95. The van der Waals surface area contributed by atoms with E-state index >= 15 is 0 Å². The van der Waals surface area contributed by atoms with Crippen molar-refractivity contribution >= 4 is 16.9 Å². The quantitative estimate of drug-likeness (QED) is 0.744. The van der Waals surface area contributed by atoms with Crippen molar-refractivity contribution < 1.29 is 24.5 Å². The Bertz CT molecular complexity index is 983. The number of nitrogens with zero attached hydrogens (tertiary/aromatic N) is 1. The van der Waals surface area contributed by atoms with Crippen LogP contribution in [-0.2, 0) is 0 Å². The minimum absolute atomic E-state index is 0.152. The molecule has 2 heterocycles. The average Bonchev–Trinajstić information content (AvgIpc) is 2.85. The number of para-hydroxylation sites is 1. The highest BCUT2D eigenvalue weighted by Gasteiger charge is 2.18. The van der Waals surface area contributed by atoms with Gasteiger partial charge in [0, 0.05) is 17.4 Å². The Morgan fingerprint density at radius 2 is 1.88 bits per heavy atom. The van der Waals surface area contributed by atoms with Crippen molar-refractivity contribution in [2.24, 2.45) is 0 Å². The Labute approximate surface area is 143 Å². The number of fused-ring (bicyclic) bond motifs is 2. The van der Waals surface area contributed by atoms with Crippen molar-refractivity contribution in [3.63, 3.8) is 0 Å². The van der Waals surface area contributed by atoms with Crippen molar-refractivity contribution in [1.29, 1.82) is 0 Å². The predicted molar refractivity (Wildman–Crippen MR) is 91.4 cm³/mol. The number of carboxylic acids is 1. The van der Waals surface area contributed by atoms with Gasteiger partial charge < -0.3 is 19.7 Å². The lowest BCUT2D eigenvalue weighted by Gasteiger charge is -2.12. The number of aromatic hydroxyl groups is 1. The second-order valence-corrected chi connectivity index (χ2v) is 5.74. The number of hydrogen-bond donors (Lipinski definition) is 2. The van der Waals surface area contributed by atoms with E-state index in [1.165, 1.54) is 6.20 Å². The molecule has 0 fully saturated rings. The first-order chi connectivity index (χ1) is 12.1. The van der Waals surface area contributed by atoms with E-state index in [9.17, 15) is 15.0 Å². The Kier molecular flexibility index (Phi) is 3.65. The lowest BCUT2D eigenvalue weighted by molar-refractivity contribution is 0.0696. The standard InChI is InChI=1S/C19H15NO5/c21-14-10-20-18-12(3-1-4-13(18)17(14)19(22)23)11-5-6-15-16(9-11)25-8-2-7-24-15/h1,3-6,9-10,21H,2,7-8H2,(H,22,23). The van der Waals surface area contributed by atoms with E-state index in [-0.39, 0.29) is 11.3 Å². The van der Waals surface area contributed by atoms with Gasteiger partial charge in [-0.25, -0.2) is 4.79 Å². The van der Waals surface area contributed by atoms with Crippen LogP contribution in [0.2, 0.25) is 0 Å². The van der Waals surface area contributed by atoms with Crippen molar-refractivity contribution in [3.8, 4) is 28.4 Å². The number of hydrogen-bond acceptors (Lipinski definition) is 5. The maximum Gasteiger partial charge on any atom is 0.340 e. The second-order valence-electron chi connectivity index (χ2n) is 5.74. The number of carboxylic acid groups (broad SMARTS) is 1. The lowest BCUT2D eigenvalue weighted by atomic mass is 9.99. The van der Waals surface area contributed by atoms with Gasteiger partial charge in [0.25, 0.3) is 0 Å². The van der Waals surface area contributed by atoms with Gasteiger partial charge in [0.2, 0.25) is 0 Å². The van der Waals surface area contributed by atoms with E-state index in [1.807, 2.05) is 24.3 Å². The third-order valence-corrected chi connectivity index (χ3v) is 4.15. The first kappa shape index (κ1) is 15.3. The number of ether oxygens (including phenoxy) is 2. The third kappa shape index (κ3) is 2.61. The SMILES string of the molecule is O=C(O)c1c(O)cnc2c(-c3ccc4c(c3)OCCCO4)cccc12. The molecule has 4 rings (SSSR count). The molecule has 0 atom stereocenters. The summed E-state index contributed by atoms with van der Waals surface area (Å²) >= 11 is 0. The topological polar surface area (TPSA) is 88.9 Å². The van der Waals surface area contributed by atoms with Crippen molar-refractivity contribution in [2.45, 2.75) is 6.42 Å². The van der Waals surface area contributed by atoms with Crippen LogP contribution in [0.3, 0.4) is 0 Å². The molecule has 1 aliphatic rings. The van der Waals surface area contributed by atoms with Crippen LogP contribution in [0.15, 0.2) is 42.6 Å². The molecule has 0 amide bonds. The maximum absolute atomic E-state index is 11.5. The normalized spacial score (nSPS) is 13.4. The molecule has 0 radical (unpaired) electrons. The maximum atomic E-state index is 11.5. The van der Waals surface area contributed by atoms with Crippen LogP contribution in [0.1, 0.15) is 16.8 Å². The highest BCUT2D eigenvalue weighted by molar-refractivity contribution is 6.08. The van der Waals surface area contributed by atoms with E-state index in [0.29, 0.717) is 35.6 Å². The van der Waals surface area contributed by atoms with Gasteiger partial charge in [-0.15, -0.1) is 0 Å². The summed E-state index contributed by atoms with van der Waals surface area (Å²) in [6.45, 7) is 1.20. The molecule has 2 N–H and O–H groups in total. The van der Waals surface area contributed by atoms with Gasteiger partial charge in [0.15, 0.2) is 11.5 Å². The molecule has 1 aliphatic heterocycles. The van der Waals surface area contributed by atoms with Gasteiger partial charge in [0.1, 0.15) is 11.3 Å². The summed E-state index contributed by atoms with van der Waals surface area (Å²) in [7, 11) is 0. The smallest absolute Gasteiger partial charge is 0.340 e. The van der Waals surface area contributed by atoms with Crippen LogP contribution in [0, 0.1) is 0 Å². The molecule has 0 saturated carbocycles. The van der Waals surface area contributed by atoms with Gasteiger partial charge in [-0.1, -0.05) is 24.3 Å². The van der Waals surface area contributed by atoms with Crippen molar-refractivity contribution in [3.05, 3.63) is 48.2 Å². The van der Waals surface area contributed by atoms with Crippen LogP contribution in [-0.4, -0.2) is 34.4 Å². The van der Waals surface area contributed by atoms with Gasteiger partial charge in [-0.2, -0.15) is 0 Å². The van der Waals surface area contributed by atoms with E-state index in [2.05, 4.69) is 4.98 Å². The van der Waals surface area contributed by atoms with Crippen molar-refractivity contribution in [1.82, 2.24) is 4.98 Å². The summed E-state index contributed by atoms with van der Waals surface area (Å²) < 4.78 is 11.4. The highest BCUT2D eigenvalue weighted by Crippen LogP contribution is 2.37. The minimum atomic E-state index is -1.19. The number of pyridine rings is 1. The van der Waals surface area contributed by atoms with Crippen LogP contribution >= 0.6 is 0 Å². The molecule has 3 aromatic rings. The summed E-state index contributed by atoms with van der Waals surface area (Å²) in [5, 5.41) is 19.6. The summed E-state index contributed by atoms with van der Waals surface area (Å²) in [4.78, 5) is 15.7. The van der Waals surface area contributed by atoms with Gasteiger partial charge in [-0.05, 0) is 17.7 Å². The fourth-order valence-corrected chi connectivity index (χ4v) is 3.00. The number of benzene rings is 2. The zero-order chi connectivity index (χ0) is 17.4. The molecule has 0 saturated heterocycles. The first-order valence-electron chi connectivity index (χ1n) is 7.89. The summed E-state index contributed by atoms with van der Waals surface area (Å²) in [6.07, 6.45) is 1.99. The molecule has 25 heavy (non-hydrogen) atoms. The molecule has 0 spiro atoms.